The summed E-state index contributed by atoms with van der Waals surface area (Å²) in [6, 6.07) is 4.28. The van der Waals surface area contributed by atoms with Gasteiger partial charge in [-0.1, -0.05) is 0 Å². The molecule has 1 aliphatic carbocycles. The van der Waals surface area contributed by atoms with E-state index in [1.165, 1.54) is 16.5 Å². The molecule has 0 saturated carbocycles. The number of primary amides is 1. The maximum absolute atomic E-state index is 11.4. The molecule has 4 heteroatoms. The van der Waals surface area contributed by atoms with Crippen LogP contribution in [0.5, 0.6) is 0 Å². The molecule has 1 heterocycles. The number of benzene rings is 1. The first-order valence-electron chi connectivity index (χ1n) is 6.15. The van der Waals surface area contributed by atoms with Gasteiger partial charge in [0.15, 0.2) is 0 Å². The zero-order valence-electron chi connectivity index (χ0n) is 10.7. The Bertz CT molecular complexity index is 627. The van der Waals surface area contributed by atoms with Crippen molar-refractivity contribution in [2.24, 2.45) is 5.73 Å². The lowest BCUT2D eigenvalue weighted by Gasteiger charge is -2.28. The van der Waals surface area contributed by atoms with Crippen molar-refractivity contribution in [3.05, 3.63) is 35.0 Å². The highest BCUT2D eigenvalue weighted by Crippen LogP contribution is 2.31. The second-order valence-electron chi connectivity index (χ2n) is 5.26. The second-order valence-corrected chi connectivity index (χ2v) is 5.26. The Morgan fingerprint density at radius 3 is 2.72 bits per heavy atom. The first kappa shape index (κ1) is 11.3. The van der Waals surface area contributed by atoms with Crippen molar-refractivity contribution >= 4 is 16.8 Å². The van der Waals surface area contributed by atoms with E-state index >= 15 is 0 Å². The number of nitrogens with zero attached hydrogens (tertiary/aromatic N) is 1. The van der Waals surface area contributed by atoms with Gasteiger partial charge in [0.2, 0.25) is 5.91 Å². The number of nitrogens with one attached hydrogen (secondary N) is 1. The van der Waals surface area contributed by atoms with Gasteiger partial charge in [-0.15, -0.1) is 0 Å². The zero-order valence-corrected chi connectivity index (χ0v) is 10.7. The number of nitrogens with two attached hydrogens (primary N) is 1. The van der Waals surface area contributed by atoms with E-state index in [0.717, 1.165) is 18.4 Å². The van der Waals surface area contributed by atoms with E-state index in [-0.39, 0.29) is 5.91 Å². The number of hydrogen-bond acceptors (Lipinski definition) is 2. The standard InChI is InChI=1S/C14H17N3O/c1-17(2)11-4-8-3-9(14(15)18)6-12-13(8)10(5-11)7-16-12/h3,6-7,11,16H,4-5H2,1-2H3,(H2,15,18). The number of hydrogen-bond donors (Lipinski definition) is 2. The third kappa shape index (κ3) is 1.61. The van der Waals surface area contributed by atoms with Crippen LogP contribution in [-0.4, -0.2) is 35.9 Å². The summed E-state index contributed by atoms with van der Waals surface area (Å²) in [5.41, 5.74) is 9.55. The van der Waals surface area contributed by atoms with Gasteiger partial charge in [0.25, 0.3) is 0 Å². The van der Waals surface area contributed by atoms with Crippen molar-refractivity contribution in [2.75, 3.05) is 14.1 Å². The fourth-order valence-corrected chi connectivity index (χ4v) is 2.84. The van der Waals surface area contributed by atoms with Crippen LogP contribution in [0.1, 0.15) is 21.5 Å². The van der Waals surface area contributed by atoms with Gasteiger partial charge in [-0.05, 0) is 50.2 Å². The summed E-state index contributed by atoms with van der Waals surface area (Å²) >= 11 is 0. The van der Waals surface area contributed by atoms with Crippen LogP contribution in [0, 0.1) is 0 Å². The van der Waals surface area contributed by atoms with E-state index < -0.39 is 0 Å². The van der Waals surface area contributed by atoms with Crippen LogP contribution >= 0.6 is 0 Å². The number of carbonyl (C=O) groups is 1. The number of H-pyrrole nitrogens is 1. The first-order chi connectivity index (χ1) is 8.56. The van der Waals surface area contributed by atoms with Crippen molar-refractivity contribution in [3.8, 4) is 0 Å². The van der Waals surface area contributed by atoms with E-state index in [2.05, 4.69) is 30.2 Å². The third-order valence-corrected chi connectivity index (χ3v) is 3.87. The minimum absolute atomic E-state index is 0.365. The number of aromatic nitrogens is 1. The molecule has 94 valence electrons. The summed E-state index contributed by atoms with van der Waals surface area (Å²) in [6.07, 6.45) is 4.07. The molecule has 1 aliphatic rings. The highest BCUT2D eigenvalue weighted by Gasteiger charge is 2.24. The SMILES string of the molecule is CN(C)C1Cc2c[nH]c3cc(C(N)=O)cc(c23)C1. The molecule has 1 unspecified atom stereocenters. The lowest BCUT2D eigenvalue weighted by atomic mass is 9.87. The van der Waals surface area contributed by atoms with Crippen LogP contribution in [0.4, 0.5) is 0 Å². The number of likely N-dealkylation sites (N-methyl/N-ethyl adjacent to an activating group) is 1. The van der Waals surface area contributed by atoms with Crippen molar-refractivity contribution in [2.45, 2.75) is 18.9 Å². The molecule has 4 nitrogen and oxygen atoms in total. The first-order valence-corrected chi connectivity index (χ1v) is 6.15. The number of rotatable bonds is 2. The number of carbonyl (C=O) groups excluding carboxylic acids is 1. The molecule has 0 saturated heterocycles. The lowest BCUT2D eigenvalue weighted by Crippen LogP contribution is -2.34. The van der Waals surface area contributed by atoms with E-state index in [9.17, 15) is 4.79 Å². The number of aromatic amines is 1. The van der Waals surface area contributed by atoms with Crippen LogP contribution in [-0.2, 0) is 12.8 Å². The summed E-state index contributed by atoms with van der Waals surface area (Å²) in [7, 11) is 4.19. The number of amides is 1. The Kier molecular flexibility index (Phi) is 2.41. The van der Waals surface area contributed by atoms with E-state index in [4.69, 9.17) is 5.73 Å². The van der Waals surface area contributed by atoms with Crippen molar-refractivity contribution < 1.29 is 4.79 Å². The highest BCUT2D eigenvalue weighted by molar-refractivity contribution is 5.99. The molecule has 3 rings (SSSR count). The van der Waals surface area contributed by atoms with Gasteiger partial charge in [-0.25, -0.2) is 0 Å². The Morgan fingerprint density at radius 2 is 2.06 bits per heavy atom. The second kappa shape index (κ2) is 3.85. The molecule has 1 atom stereocenters. The van der Waals surface area contributed by atoms with Crippen LogP contribution in [0.2, 0.25) is 0 Å². The molecule has 0 fully saturated rings. The maximum atomic E-state index is 11.4. The van der Waals surface area contributed by atoms with Gasteiger partial charge >= 0.3 is 0 Å². The maximum Gasteiger partial charge on any atom is 0.248 e. The fraction of sp³-hybridized carbons (Fsp3) is 0.357. The minimum atomic E-state index is -0.365. The molecule has 1 amide bonds. The molecule has 0 radical (unpaired) electrons. The smallest absolute Gasteiger partial charge is 0.248 e. The van der Waals surface area contributed by atoms with E-state index in [1.807, 2.05) is 12.1 Å². The van der Waals surface area contributed by atoms with Gasteiger partial charge in [-0.3, -0.25) is 4.79 Å². The van der Waals surface area contributed by atoms with Crippen molar-refractivity contribution in [1.82, 2.24) is 9.88 Å². The van der Waals surface area contributed by atoms with Gasteiger partial charge in [-0.2, -0.15) is 0 Å². The summed E-state index contributed by atoms with van der Waals surface area (Å²) in [6.45, 7) is 0. The van der Waals surface area contributed by atoms with Crippen molar-refractivity contribution in [1.29, 1.82) is 0 Å². The average Bonchev–Trinajstić information content (AvgIpc) is 2.73. The van der Waals surface area contributed by atoms with Gasteiger partial charge in [0.05, 0.1) is 0 Å². The van der Waals surface area contributed by atoms with Crippen LogP contribution in [0.25, 0.3) is 10.9 Å². The van der Waals surface area contributed by atoms with Crippen LogP contribution in [0.15, 0.2) is 18.3 Å². The Balaban J connectivity index is 2.18. The normalized spacial score (nSPS) is 18.5. The molecule has 0 bridgehead atoms. The summed E-state index contributed by atoms with van der Waals surface area (Å²) < 4.78 is 0. The Morgan fingerprint density at radius 1 is 1.33 bits per heavy atom. The van der Waals surface area contributed by atoms with E-state index in [0.29, 0.717) is 11.6 Å². The quantitative estimate of drug-likeness (QED) is 0.835. The minimum Gasteiger partial charge on any atom is -0.366 e. The summed E-state index contributed by atoms with van der Waals surface area (Å²) in [4.78, 5) is 16.8. The molecule has 18 heavy (non-hydrogen) atoms. The van der Waals surface area contributed by atoms with Crippen molar-refractivity contribution in [3.63, 3.8) is 0 Å². The van der Waals surface area contributed by atoms with Gasteiger partial charge < -0.3 is 15.6 Å². The molecule has 1 aromatic heterocycles. The molecule has 0 spiro atoms. The Hall–Kier alpha value is -1.81. The Labute approximate surface area is 106 Å². The van der Waals surface area contributed by atoms with E-state index in [1.54, 1.807) is 0 Å². The fourth-order valence-electron chi connectivity index (χ4n) is 2.84. The van der Waals surface area contributed by atoms with Gasteiger partial charge in [0, 0.05) is 28.7 Å². The molecule has 2 aromatic rings. The van der Waals surface area contributed by atoms with Gasteiger partial charge in [0.1, 0.15) is 0 Å². The van der Waals surface area contributed by atoms with Crippen LogP contribution in [0.3, 0.4) is 0 Å². The largest absolute Gasteiger partial charge is 0.366 e. The molecular formula is C14H17N3O. The predicted octanol–water partition coefficient (Wildman–Crippen LogP) is 1.30. The molecule has 0 aliphatic heterocycles. The predicted molar refractivity (Wildman–Crippen MR) is 71.7 cm³/mol. The summed E-state index contributed by atoms with van der Waals surface area (Å²) in [5.74, 6) is -0.365. The topological polar surface area (TPSA) is 62.1 Å². The van der Waals surface area contributed by atoms with Crippen LogP contribution < -0.4 is 5.73 Å². The third-order valence-electron chi connectivity index (χ3n) is 3.87. The average molecular weight is 243 g/mol. The highest BCUT2D eigenvalue weighted by atomic mass is 16.1. The zero-order chi connectivity index (χ0) is 12.9. The molecule has 1 aromatic carbocycles. The summed E-state index contributed by atoms with van der Waals surface area (Å²) in [5, 5.41) is 1.28. The molecule has 3 N–H and O–H groups in total. The molecular weight excluding hydrogens is 226 g/mol. The lowest BCUT2D eigenvalue weighted by molar-refractivity contribution is 0.100. The monoisotopic (exact) mass is 243 g/mol.